The SMILES string of the molecule is CO[C@H](c1ccccc1)c1n[nH]c(C2CCOCC2)n1. The third-order valence-electron chi connectivity index (χ3n) is 3.70. The Balaban J connectivity index is 1.81. The van der Waals surface area contributed by atoms with E-state index in [2.05, 4.69) is 15.2 Å². The first-order valence-electron chi connectivity index (χ1n) is 6.96. The van der Waals surface area contributed by atoms with Crippen molar-refractivity contribution in [1.29, 1.82) is 0 Å². The summed E-state index contributed by atoms with van der Waals surface area (Å²) in [6, 6.07) is 10.0. The average Bonchev–Trinajstić information content (AvgIpc) is 3.00. The molecule has 1 aliphatic rings. The second-order valence-electron chi connectivity index (χ2n) is 4.99. The first-order chi connectivity index (χ1) is 9.88. The van der Waals surface area contributed by atoms with Crippen molar-refractivity contribution in [3.63, 3.8) is 0 Å². The largest absolute Gasteiger partial charge is 0.381 e. The molecule has 1 N–H and O–H groups in total. The lowest BCUT2D eigenvalue weighted by molar-refractivity contribution is 0.0835. The van der Waals surface area contributed by atoms with E-state index in [0.29, 0.717) is 11.7 Å². The molecule has 1 aromatic carbocycles. The molecule has 1 saturated heterocycles. The Morgan fingerprint density at radius 1 is 1.25 bits per heavy atom. The van der Waals surface area contributed by atoms with Gasteiger partial charge < -0.3 is 9.47 Å². The van der Waals surface area contributed by atoms with Crippen LogP contribution in [0.4, 0.5) is 0 Å². The van der Waals surface area contributed by atoms with Gasteiger partial charge in [0, 0.05) is 26.2 Å². The van der Waals surface area contributed by atoms with Crippen LogP contribution in [0.3, 0.4) is 0 Å². The second-order valence-corrected chi connectivity index (χ2v) is 4.99. The Morgan fingerprint density at radius 3 is 2.70 bits per heavy atom. The number of nitrogens with one attached hydrogen (secondary N) is 1. The third kappa shape index (κ3) is 2.73. The molecule has 0 amide bonds. The Morgan fingerprint density at radius 2 is 2.00 bits per heavy atom. The molecule has 0 bridgehead atoms. The number of rotatable bonds is 4. The van der Waals surface area contributed by atoms with Crippen molar-refractivity contribution in [3.8, 4) is 0 Å². The van der Waals surface area contributed by atoms with Crippen molar-refractivity contribution in [2.24, 2.45) is 0 Å². The number of nitrogens with zero attached hydrogens (tertiary/aromatic N) is 2. The highest BCUT2D eigenvalue weighted by molar-refractivity contribution is 5.23. The van der Waals surface area contributed by atoms with Crippen LogP contribution in [-0.4, -0.2) is 35.5 Å². The first-order valence-corrected chi connectivity index (χ1v) is 6.96. The molecule has 0 unspecified atom stereocenters. The summed E-state index contributed by atoms with van der Waals surface area (Å²) in [6.45, 7) is 1.60. The molecule has 1 fully saturated rings. The van der Waals surface area contributed by atoms with Gasteiger partial charge in [0.15, 0.2) is 5.82 Å². The number of ether oxygens (including phenoxy) is 2. The predicted molar refractivity (Wildman–Crippen MR) is 74.5 cm³/mol. The number of aromatic nitrogens is 3. The summed E-state index contributed by atoms with van der Waals surface area (Å²) in [5, 5.41) is 7.40. The number of H-pyrrole nitrogens is 1. The van der Waals surface area contributed by atoms with Crippen LogP contribution in [0.5, 0.6) is 0 Å². The molecule has 0 spiro atoms. The van der Waals surface area contributed by atoms with Gasteiger partial charge in [0.1, 0.15) is 11.9 Å². The number of hydrogen-bond donors (Lipinski definition) is 1. The van der Waals surface area contributed by atoms with Gasteiger partial charge in [-0.2, -0.15) is 5.10 Å². The molecule has 2 heterocycles. The van der Waals surface area contributed by atoms with Gasteiger partial charge in [0.2, 0.25) is 0 Å². The lowest BCUT2D eigenvalue weighted by atomic mass is 10.00. The van der Waals surface area contributed by atoms with Gasteiger partial charge >= 0.3 is 0 Å². The van der Waals surface area contributed by atoms with Gasteiger partial charge in [-0.1, -0.05) is 30.3 Å². The van der Waals surface area contributed by atoms with Crippen LogP contribution in [0.1, 0.15) is 42.1 Å². The lowest BCUT2D eigenvalue weighted by Gasteiger charge is -2.19. The van der Waals surface area contributed by atoms with Crippen LogP contribution in [-0.2, 0) is 9.47 Å². The summed E-state index contributed by atoms with van der Waals surface area (Å²) in [5.74, 6) is 2.06. The van der Waals surface area contributed by atoms with E-state index in [4.69, 9.17) is 9.47 Å². The monoisotopic (exact) mass is 273 g/mol. The maximum absolute atomic E-state index is 5.55. The maximum Gasteiger partial charge on any atom is 0.184 e. The molecule has 3 rings (SSSR count). The molecule has 0 aliphatic carbocycles. The second kappa shape index (κ2) is 6.15. The topological polar surface area (TPSA) is 60.0 Å². The molecular formula is C15H19N3O2. The Hall–Kier alpha value is -1.72. The highest BCUT2D eigenvalue weighted by atomic mass is 16.5. The minimum atomic E-state index is -0.221. The summed E-state index contributed by atoms with van der Waals surface area (Å²) in [6.07, 6.45) is 1.77. The first kappa shape index (κ1) is 13.3. The van der Waals surface area contributed by atoms with E-state index < -0.39 is 0 Å². The molecule has 1 aromatic heterocycles. The van der Waals surface area contributed by atoms with Crippen molar-refractivity contribution in [2.75, 3.05) is 20.3 Å². The summed E-state index contributed by atoms with van der Waals surface area (Å²) in [4.78, 5) is 4.63. The number of methoxy groups -OCH3 is 1. The normalized spacial score (nSPS) is 18.1. The van der Waals surface area contributed by atoms with Crippen LogP contribution in [0, 0.1) is 0 Å². The standard InChI is InChI=1S/C15H19N3O2/c1-19-13(11-5-3-2-4-6-11)15-16-14(17-18-15)12-7-9-20-10-8-12/h2-6,12-13H,7-10H2,1H3,(H,16,17,18)/t13-/m1/s1. The molecule has 2 aromatic rings. The highest BCUT2D eigenvalue weighted by Gasteiger charge is 2.23. The lowest BCUT2D eigenvalue weighted by Crippen LogP contribution is -2.15. The predicted octanol–water partition coefficient (Wildman–Crippen LogP) is 2.43. The van der Waals surface area contributed by atoms with E-state index in [9.17, 15) is 0 Å². The maximum atomic E-state index is 5.55. The Labute approximate surface area is 118 Å². The van der Waals surface area contributed by atoms with Gasteiger partial charge in [-0.25, -0.2) is 4.98 Å². The van der Waals surface area contributed by atoms with Gasteiger partial charge in [0.05, 0.1) is 0 Å². The van der Waals surface area contributed by atoms with Crippen molar-refractivity contribution in [1.82, 2.24) is 15.2 Å². The third-order valence-corrected chi connectivity index (χ3v) is 3.70. The highest BCUT2D eigenvalue weighted by Crippen LogP contribution is 2.27. The number of benzene rings is 1. The minimum absolute atomic E-state index is 0.221. The van der Waals surface area contributed by atoms with Crippen LogP contribution in [0.2, 0.25) is 0 Å². The molecule has 0 radical (unpaired) electrons. The number of hydrogen-bond acceptors (Lipinski definition) is 4. The zero-order valence-corrected chi connectivity index (χ0v) is 11.6. The molecule has 5 nitrogen and oxygen atoms in total. The molecule has 106 valence electrons. The van der Waals surface area contributed by atoms with E-state index in [1.807, 2.05) is 30.3 Å². The van der Waals surface area contributed by atoms with Crippen LogP contribution >= 0.6 is 0 Å². The summed E-state index contributed by atoms with van der Waals surface area (Å²) in [7, 11) is 1.68. The summed E-state index contributed by atoms with van der Waals surface area (Å²) in [5.41, 5.74) is 1.06. The van der Waals surface area contributed by atoms with Gasteiger partial charge in [-0.15, -0.1) is 0 Å². The van der Waals surface area contributed by atoms with Gasteiger partial charge in [0.25, 0.3) is 0 Å². The fourth-order valence-corrected chi connectivity index (χ4v) is 2.58. The van der Waals surface area contributed by atoms with Crippen molar-refractivity contribution >= 4 is 0 Å². The molecule has 1 atom stereocenters. The Kier molecular flexibility index (Phi) is 4.08. The van der Waals surface area contributed by atoms with Crippen molar-refractivity contribution < 1.29 is 9.47 Å². The van der Waals surface area contributed by atoms with Crippen LogP contribution in [0.15, 0.2) is 30.3 Å². The van der Waals surface area contributed by atoms with E-state index in [1.165, 1.54) is 0 Å². The van der Waals surface area contributed by atoms with E-state index in [0.717, 1.165) is 37.4 Å². The molecule has 0 saturated carbocycles. The molecule has 20 heavy (non-hydrogen) atoms. The van der Waals surface area contributed by atoms with Gasteiger partial charge in [-0.3, -0.25) is 5.10 Å². The minimum Gasteiger partial charge on any atom is -0.381 e. The molecule has 1 aliphatic heterocycles. The van der Waals surface area contributed by atoms with Crippen molar-refractivity contribution in [2.45, 2.75) is 24.9 Å². The summed E-state index contributed by atoms with van der Waals surface area (Å²) >= 11 is 0. The van der Waals surface area contributed by atoms with E-state index >= 15 is 0 Å². The zero-order valence-electron chi connectivity index (χ0n) is 11.6. The van der Waals surface area contributed by atoms with E-state index in [-0.39, 0.29) is 6.10 Å². The number of aromatic amines is 1. The van der Waals surface area contributed by atoms with Crippen LogP contribution in [0.25, 0.3) is 0 Å². The fourth-order valence-electron chi connectivity index (χ4n) is 2.58. The molecule has 5 heteroatoms. The average molecular weight is 273 g/mol. The zero-order chi connectivity index (χ0) is 13.8. The molecular weight excluding hydrogens is 254 g/mol. The fraction of sp³-hybridized carbons (Fsp3) is 0.467. The summed E-state index contributed by atoms with van der Waals surface area (Å²) < 4.78 is 10.9. The van der Waals surface area contributed by atoms with E-state index in [1.54, 1.807) is 7.11 Å². The van der Waals surface area contributed by atoms with Gasteiger partial charge in [-0.05, 0) is 18.4 Å². The smallest absolute Gasteiger partial charge is 0.184 e. The van der Waals surface area contributed by atoms with Crippen LogP contribution < -0.4 is 0 Å². The van der Waals surface area contributed by atoms with Crippen molar-refractivity contribution in [3.05, 3.63) is 47.5 Å². The quantitative estimate of drug-likeness (QED) is 0.929. The Bertz CT molecular complexity index is 535.